The quantitative estimate of drug-likeness (QED) is 0.715. The van der Waals surface area contributed by atoms with Crippen LogP contribution in [0.2, 0.25) is 0 Å². The van der Waals surface area contributed by atoms with Gasteiger partial charge in [-0.3, -0.25) is 4.79 Å². The fourth-order valence-corrected chi connectivity index (χ4v) is 1.09. The van der Waals surface area contributed by atoms with Crippen LogP contribution in [0.15, 0.2) is 16.9 Å². The number of nitrogens with one attached hydrogen (secondary N) is 1. The van der Waals surface area contributed by atoms with Crippen LogP contribution in [0.3, 0.4) is 0 Å². The predicted octanol–water partition coefficient (Wildman–Crippen LogP) is 1.42. The SMILES string of the molecule is CCCCc1cc(O)cc(=O)[nH]1. The highest BCUT2D eigenvalue weighted by molar-refractivity contribution is 5.20. The Labute approximate surface area is 71.1 Å². The molecule has 2 N–H and O–H groups in total. The van der Waals surface area contributed by atoms with Crippen LogP contribution in [0.1, 0.15) is 25.5 Å². The van der Waals surface area contributed by atoms with Gasteiger partial charge in [0.25, 0.3) is 5.56 Å². The Bertz CT molecular complexity index is 304. The van der Waals surface area contributed by atoms with Crippen molar-refractivity contribution < 1.29 is 5.11 Å². The van der Waals surface area contributed by atoms with E-state index in [1.54, 1.807) is 6.07 Å². The summed E-state index contributed by atoms with van der Waals surface area (Å²) in [6, 6.07) is 2.77. The van der Waals surface area contributed by atoms with Gasteiger partial charge < -0.3 is 10.1 Å². The Morgan fingerprint density at radius 3 is 2.83 bits per heavy atom. The third-order valence-corrected chi connectivity index (χ3v) is 1.68. The summed E-state index contributed by atoms with van der Waals surface area (Å²) >= 11 is 0. The molecular formula is C9H13NO2. The third kappa shape index (κ3) is 2.42. The molecule has 3 nitrogen and oxygen atoms in total. The van der Waals surface area contributed by atoms with Crippen LogP contribution in [0.5, 0.6) is 5.75 Å². The zero-order chi connectivity index (χ0) is 8.97. The van der Waals surface area contributed by atoms with Crippen LogP contribution in [0.25, 0.3) is 0 Å². The van der Waals surface area contributed by atoms with Crippen molar-refractivity contribution in [2.75, 3.05) is 0 Å². The van der Waals surface area contributed by atoms with E-state index in [2.05, 4.69) is 11.9 Å². The van der Waals surface area contributed by atoms with Crippen molar-refractivity contribution in [1.82, 2.24) is 4.98 Å². The van der Waals surface area contributed by atoms with E-state index in [0.717, 1.165) is 25.0 Å². The van der Waals surface area contributed by atoms with Gasteiger partial charge in [0.1, 0.15) is 5.75 Å². The van der Waals surface area contributed by atoms with Gasteiger partial charge in [-0.1, -0.05) is 13.3 Å². The van der Waals surface area contributed by atoms with E-state index in [9.17, 15) is 4.79 Å². The average molecular weight is 167 g/mol. The van der Waals surface area contributed by atoms with Crippen molar-refractivity contribution in [3.8, 4) is 5.75 Å². The lowest BCUT2D eigenvalue weighted by Crippen LogP contribution is -2.06. The average Bonchev–Trinajstić information content (AvgIpc) is 1.99. The largest absolute Gasteiger partial charge is 0.508 e. The molecule has 0 unspecified atom stereocenters. The Morgan fingerprint density at radius 2 is 2.25 bits per heavy atom. The number of hydrogen-bond donors (Lipinski definition) is 2. The standard InChI is InChI=1S/C9H13NO2/c1-2-3-4-7-5-8(11)6-9(12)10-7/h5-6H,2-4H2,1H3,(H2,10,11,12). The normalized spacial score (nSPS) is 10.1. The van der Waals surface area contributed by atoms with E-state index in [1.807, 2.05) is 0 Å². The minimum atomic E-state index is -0.235. The number of hydrogen-bond acceptors (Lipinski definition) is 2. The number of H-pyrrole nitrogens is 1. The predicted molar refractivity (Wildman–Crippen MR) is 47.3 cm³/mol. The second kappa shape index (κ2) is 3.95. The van der Waals surface area contributed by atoms with E-state index in [1.165, 1.54) is 6.07 Å². The minimum Gasteiger partial charge on any atom is -0.508 e. The molecule has 0 aliphatic carbocycles. The third-order valence-electron chi connectivity index (χ3n) is 1.68. The van der Waals surface area contributed by atoms with Gasteiger partial charge >= 0.3 is 0 Å². The van der Waals surface area contributed by atoms with Crippen LogP contribution < -0.4 is 5.56 Å². The number of aromatic nitrogens is 1. The smallest absolute Gasteiger partial charge is 0.251 e. The van der Waals surface area contributed by atoms with Crippen molar-refractivity contribution in [2.45, 2.75) is 26.2 Å². The van der Waals surface area contributed by atoms with Crippen molar-refractivity contribution in [3.63, 3.8) is 0 Å². The van der Waals surface area contributed by atoms with Crippen LogP contribution >= 0.6 is 0 Å². The molecule has 0 aliphatic heterocycles. The summed E-state index contributed by atoms with van der Waals surface area (Å²) in [5, 5.41) is 9.07. The van der Waals surface area contributed by atoms with E-state index in [-0.39, 0.29) is 11.3 Å². The summed E-state index contributed by atoms with van der Waals surface area (Å²) in [5.74, 6) is 0.0462. The first-order chi connectivity index (χ1) is 5.72. The minimum absolute atomic E-state index is 0.0462. The van der Waals surface area contributed by atoms with Gasteiger partial charge in [0, 0.05) is 11.8 Å². The summed E-state index contributed by atoms with van der Waals surface area (Å²) in [6.45, 7) is 2.08. The first kappa shape index (κ1) is 8.84. The Kier molecular flexibility index (Phi) is 2.91. The summed E-state index contributed by atoms with van der Waals surface area (Å²) in [4.78, 5) is 13.5. The van der Waals surface area contributed by atoms with E-state index >= 15 is 0 Å². The molecule has 3 heteroatoms. The highest BCUT2D eigenvalue weighted by Crippen LogP contribution is 2.07. The summed E-state index contributed by atoms with van der Waals surface area (Å²) in [6.07, 6.45) is 2.93. The van der Waals surface area contributed by atoms with E-state index in [4.69, 9.17) is 5.11 Å². The molecule has 1 aromatic heterocycles. The molecule has 0 fully saturated rings. The molecule has 0 saturated heterocycles. The van der Waals surface area contributed by atoms with Gasteiger partial charge in [-0.05, 0) is 18.9 Å². The van der Waals surface area contributed by atoms with Gasteiger partial charge in [0.15, 0.2) is 0 Å². The van der Waals surface area contributed by atoms with Gasteiger partial charge in [0.05, 0.1) is 0 Å². The van der Waals surface area contributed by atoms with Gasteiger partial charge in [-0.15, -0.1) is 0 Å². The molecule has 1 rings (SSSR count). The van der Waals surface area contributed by atoms with E-state index < -0.39 is 0 Å². The maximum absolute atomic E-state index is 10.9. The molecule has 0 aliphatic rings. The number of aromatic hydroxyl groups is 1. The van der Waals surface area contributed by atoms with Crippen molar-refractivity contribution in [3.05, 3.63) is 28.2 Å². The second-order valence-electron chi connectivity index (χ2n) is 2.83. The topological polar surface area (TPSA) is 53.1 Å². The van der Waals surface area contributed by atoms with E-state index in [0.29, 0.717) is 0 Å². The first-order valence-electron chi connectivity index (χ1n) is 4.14. The zero-order valence-corrected chi connectivity index (χ0v) is 7.13. The fourth-order valence-electron chi connectivity index (χ4n) is 1.09. The molecule has 1 aromatic rings. The number of aromatic amines is 1. The van der Waals surface area contributed by atoms with Gasteiger partial charge in [-0.25, -0.2) is 0 Å². The summed E-state index contributed by atoms with van der Waals surface area (Å²) < 4.78 is 0. The first-order valence-corrected chi connectivity index (χ1v) is 4.14. The van der Waals surface area contributed by atoms with Gasteiger partial charge in [-0.2, -0.15) is 0 Å². The molecule has 0 amide bonds. The number of rotatable bonds is 3. The molecule has 12 heavy (non-hydrogen) atoms. The molecule has 0 aromatic carbocycles. The monoisotopic (exact) mass is 167 g/mol. The molecule has 0 saturated carbocycles. The van der Waals surface area contributed by atoms with Crippen molar-refractivity contribution >= 4 is 0 Å². The fraction of sp³-hybridized carbons (Fsp3) is 0.444. The maximum Gasteiger partial charge on any atom is 0.251 e. The lowest BCUT2D eigenvalue weighted by Gasteiger charge is -1.99. The van der Waals surface area contributed by atoms with Crippen molar-refractivity contribution in [1.29, 1.82) is 0 Å². The van der Waals surface area contributed by atoms with Crippen molar-refractivity contribution in [2.24, 2.45) is 0 Å². The highest BCUT2D eigenvalue weighted by Gasteiger charge is 1.96. The van der Waals surface area contributed by atoms with Crippen LogP contribution in [-0.4, -0.2) is 10.1 Å². The summed E-state index contributed by atoms with van der Waals surface area (Å²) in [7, 11) is 0. The lowest BCUT2D eigenvalue weighted by molar-refractivity contribution is 0.472. The molecule has 0 atom stereocenters. The lowest BCUT2D eigenvalue weighted by atomic mass is 10.2. The van der Waals surface area contributed by atoms with Crippen LogP contribution in [0.4, 0.5) is 0 Å². The Hall–Kier alpha value is -1.25. The Balaban J connectivity index is 2.79. The highest BCUT2D eigenvalue weighted by atomic mass is 16.3. The Morgan fingerprint density at radius 1 is 1.50 bits per heavy atom. The molecule has 66 valence electrons. The van der Waals surface area contributed by atoms with Gasteiger partial charge in [0.2, 0.25) is 0 Å². The second-order valence-corrected chi connectivity index (χ2v) is 2.83. The molecule has 0 radical (unpaired) electrons. The summed E-state index contributed by atoms with van der Waals surface area (Å²) in [5.41, 5.74) is 0.572. The van der Waals surface area contributed by atoms with Crippen LogP contribution in [0, 0.1) is 0 Å². The zero-order valence-electron chi connectivity index (χ0n) is 7.13. The molecule has 1 heterocycles. The maximum atomic E-state index is 10.9. The number of pyridine rings is 1. The molecule has 0 bridgehead atoms. The number of aryl methyl sites for hydroxylation is 1. The number of unbranched alkanes of at least 4 members (excludes halogenated alkanes) is 1. The molecule has 0 spiro atoms. The molecular weight excluding hydrogens is 154 g/mol. The van der Waals surface area contributed by atoms with Crippen LogP contribution in [-0.2, 0) is 6.42 Å².